The molecule has 2 aromatic rings. The van der Waals surface area contributed by atoms with Gasteiger partial charge in [-0.25, -0.2) is 0 Å². The zero-order valence-electron chi connectivity index (χ0n) is 8.71. The van der Waals surface area contributed by atoms with Gasteiger partial charge in [-0.2, -0.15) is 15.0 Å². The van der Waals surface area contributed by atoms with Crippen molar-refractivity contribution in [2.45, 2.75) is 0 Å². The average molecular weight is 287 g/mol. The van der Waals surface area contributed by atoms with Crippen LogP contribution >= 0.6 is 23.2 Å². The molecule has 1 aromatic carbocycles. The van der Waals surface area contributed by atoms with Crippen LogP contribution in [0.3, 0.4) is 0 Å². The van der Waals surface area contributed by atoms with E-state index in [1.54, 1.807) is 12.1 Å². The molecule has 0 spiro atoms. The summed E-state index contributed by atoms with van der Waals surface area (Å²) in [6, 6.07) is 6.06. The molecular weight excluding hydrogens is 281 g/mol. The highest BCUT2D eigenvalue weighted by atomic mass is 35.5. The first-order valence-electron chi connectivity index (χ1n) is 4.65. The normalized spacial score (nSPS) is 10.2. The highest BCUT2D eigenvalue weighted by molar-refractivity contribution is 6.31. The molecule has 18 heavy (non-hydrogen) atoms. The molecule has 9 heteroatoms. The first-order valence-corrected chi connectivity index (χ1v) is 5.40. The number of aromatic nitrogens is 3. The van der Waals surface area contributed by atoms with E-state index in [2.05, 4.69) is 20.3 Å². The third kappa shape index (κ3) is 3.17. The lowest BCUT2D eigenvalue weighted by atomic mass is 10.3. The highest BCUT2D eigenvalue weighted by Gasteiger charge is 2.04. The fourth-order valence-corrected chi connectivity index (χ4v) is 1.58. The first-order chi connectivity index (χ1) is 8.54. The second kappa shape index (κ2) is 5.32. The minimum absolute atomic E-state index is 0.0544. The second-order valence-corrected chi connectivity index (χ2v) is 3.82. The van der Waals surface area contributed by atoms with E-state index in [-0.39, 0.29) is 27.4 Å². The molecule has 0 bridgehead atoms. The van der Waals surface area contributed by atoms with E-state index in [1.807, 2.05) is 0 Å². The smallest absolute Gasteiger partial charge is 0.232 e. The zero-order valence-corrected chi connectivity index (χ0v) is 10.2. The Balaban J connectivity index is 2.25. The van der Waals surface area contributed by atoms with Crippen LogP contribution in [0.15, 0.2) is 24.3 Å². The molecule has 0 amide bonds. The lowest BCUT2D eigenvalue weighted by molar-refractivity contribution is 0.296. The molecule has 1 aromatic heterocycles. The van der Waals surface area contributed by atoms with Crippen molar-refractivity contribution < 1.29 is 5.21 Å². The van der Waals surface area contributed by atoms with Gasteiger partial charge in [-0.1, -0.05) is 6.07 Å². The third-order valence-corrected chi connectivity index (χ3v) is 2.24. The molecule has 0 saturated carbocycles. The lowest BCUT2D eigenvalue weighted by Crippen LogP contribution is -2.07. The van der Waals surface area contributed by atoms with Gasteiger partial charge < -0.3 is 15.8 Å². The summed E-state index contributed by atoms with van der Waals surface area (Å²) in [5.41, 5.74) is 0.548. The third-order valence-electron chi connectivity index (χ3n) is 1.90. The quantitative estimate of drug-likeness (QED) is 0.837. The Labute approximate surface area is 112 Å². The van der Waals surface area contributed by atoms with Gasteiger partial charge in [0.05, 0.1) is 5.69 Å². The van der Waals surface area contributed by atoms with Crippen LogP contribution in [0.25, 0.3) is 0 Å². The molecule has 0 unspecified atom stereocenters. The number of hydrogen-bond acceptors (Lipinski definition) is 7. The van der Waals surface area contributed by atoms with E-state index >= 15 is 0 Å². The largest absolute Gasteiger partial charge is 0.733 e. The van der Waals surface area contributed by atoms with Gasteiger partial charge in [-0.3, -0.25) is 5.21 Å². The first kappa shape index (κ1) is 12.8. The molecule has 2 N–H and O–H groups in total. The Morgan fingerprint density at radius 2 is 1.83 bits per heavy atom. The molecule has 0 aliphatic carbocycles. The van der Waals surface area contributed by atoms with Crippen molar-refractivity contribution in [2.24, 2.45) is 0 Å². The maximum absolute atomic E-state index is 10.7. The van der Waals surface area contributed by atoms with Gasteiger partial charge in [-0.15, -0.1) is 0 Å². The number of nitrogens with zero attached hydrogens (tertiary/aromatic N) is 4. The number of anilines is 3. The Morgan fingerprint density at radius 3 is 2.44 bits per heavy atom. The van der Waals surface area contributed by atoms with Crippen LogP contribution in [-0.4, -0.2) is 20.2 Å². The van der Waals surface area contributed by atoms with Crippen LogP contribution < -0.4 is 10.5 Å². The van der Waals surface area contributed by atoms with E-state index in [0.29, 0.717) is 5.69 Å². The monoisotopic (exact) mass is 286 g/mol. The Bertz CT molecular complexity index is 546. The van der Waals surface area contributed by atoms with E-state index < -0.39 is 0 Å². The average Bonchev–Trinajstić information content (AvgIpc) is 2.27. The molecule has 1 heterocycles. The van der Waals surface area contributed by atoms with Crippen molar-refractivity contribution >= 4 is 40.5 Å². The summed E-state index contributed by atoms with van der Waals surface area (Å²) in [6.07, 6.45) is 0. The van der Waals surface area contributed by atoms with Crippen molar-refractivity contribution in [2.75, 3.05) is 10.5 Å². The number of rotatable bonds is 3. The number of benzene rings is 1. The van der Waals surface area contributed by atoms with Gasteiger partial charge in [0.15, 0.2) is 0 Å². The lowest BCUT2D eigenvalue weighted by Gasteiger charge is -2.21. The fraction of sp³-hybridized carbons (Fsp3) is 0. The van der Waals surface area contributed by atoms with Gasteiger partial charge in [-0.05, 0) is 41.4 Å². The standard InChI is InChI=1S/C9H6Cl2N5O2/c10-7-13-8(11)15-9(14-7)12-5-2-1-3-6(4-5)16(17)18/h1-4,17H,(H,12,13,14,15)/q-1. The number of halogens is 2. The van der Waals surface area contributed by atoms with Crippen LogP contribution in [0.2, 0.25) is 10.6 Å². The van der Waals surface area contributed by atoms with Gasteiger partial charge in [0, 0.05) is 5.69 Å². The molecule has 94 valence electrons. The van der Waals surface area contributed by atoms with Crippen molar-refractivity contribution in [1.82, 2.24) is 15.0 Å². The van der Waals surface area contributed by atoms with E-state index in [0.717, 1.165) is 0 Å². The van der Waals surface area contributed by atoms with Gasteiger partial charge >= 0.3 is 0 Å². The van der Waals surface area contributed by atoms with Gasteiger partial charge in [0.25, 0.3) is 0 Å². The number of nitrogens with one attached hydrogen (secondary N) is 1. The summed E-state index contributed by atoms with van der Waals surface area (Å²) in [4.78, 5) is 11.2. The predicted octanol–water partition coefficient (Wildman–Crippen LogP) is 2.62. The molecule has 0 atom stereocenters. The summed E-state index contributed by atoms with van der Waals surface area (Å²) in [5.74, 6) is 0.132. The molecule has 0 fully saturated rings. The fourth-order valence-electron chi connectivity index (χ4n) is 1.21. The minimum Gasteiger partial charge on any atom is -0.733 e. The zero-order chi connectivity index (χ0) is 13.1. The Morgan fingerprint density at radius 1 is 1.17 bits per heavy atom. The topological polar surface area (TPSA) is 97.2 Å². The molecule has 0 saturated heterocycles. The molecule has 2 rings (SSSR count). The molecule has 0 aliphatic rings. The molecule has 0 aliphatic heterocycles. The van der Waals surface area contributed by atoms with E-state index in [1.165, 1.54) is 12.1 Å². The summed E-state index contributed by atoms with van der Waals surface area (Å²) in [6.45, 7) is 0. The minimum atomic E-state index is -0.251. The van der Waals surface area contributed by atoms with Crippen molar-refractivity contribution in [3.8, 4) is 0 Å². The Kier molecular flexibility index (Phi) is 3.78. The molecule has 0 radical (unpaired) electrons. The van der Waals surface area contributed by atoms with Crippen molar-refractivity contribution in [3.05, 3.63) is 40.0 Å². The van der Waals surface area contributed by atoms with Crippen LogP contribution in [0.4, 0.5) is 17.3 Å². The van der Waals surface area contributed by atoms with Gasteiger partial charge in [0.2, 0.25) is 16.5 Å². The summed E-state index contributed by atoms with van der Waals surface area (Å²) in [5, 5.41) is 21.9. The maximum Gasteiger partial charge on any atom is 0.232 e. The summed E-state index contributed by atoms with van der Waals surface area (Å²) >= 11 is 11.2. The Hall–Kier alpha value is -1.67. The molecular formula is C9H6Cl2N5O2-. The maximum atomic E-state index is 10.7. The van der Waals surface area contributed by atoms with Gasteiger partial charge in [0.1, 0.15) is 0 Å². The summed E-state index contributed by atoms with van der Waals surface area (Å²) < 4.78 is 0. The van der Waals surface area contributed by atoms with Crippen LogP contribution in [0.1, 0.15) is 0 Å². The second-order valence-electron chi connectivity index (χ2n) is 3.15. The van der Waals surface area contributed by atoms with E-state index in [9.17, 15) is 5.21 Å². The van der Waals surface area contributed by atoms with Crippen LogP contribution in [0, 0.1) is 5.21 Å². The van der Waals surface area contributed by atoms with Crippen molar-refractivity contribution in [1.29, 1.82) is 0 Å². The van der Waals surface area contributed by atoms with Crippen molar-refractivity contribution in [3.63, 3.8) is 0 Å². The SMILES string of the molecule is [O-]N(O)c1cccc(Nc2nc(Cl)nc(Cl)n2)c1. The highest BCUT2D eigenvalue weighted by Crippen LogP contribution is 2.20. The predicted molar refractivity (Wildman–Crippen MR) is 67.2 cm³/mol. The molecule has 7 nitrogen and oxygen atoms in total. The van der Waals surface area contributed by atoms with Crippen LogP contribution in [-0.2, 0) is 0 Å². The van der Waals surface area contributed by atoms with E-state index in [4.69, 9.17) is 28.4 Å². The number of hydrogen-bond donors (Lipinski definition) is 2. The van der Waals surface area contributed by atoms with Crippen LogP contribution in [0.5, 0.6) is 0 Å². The summed E-state index contributed by atoms with van der Waals surface area (Å²) in [7, 11) is 0.